The molecule has 0 spiro atoms. The molecule has 1 N–H and O–H groups in total. The summed E-state index contributed by atoms with van der Waals surface area (Å²) in [6.45, 7) is 2.31. The Labute approximate surface area is 283 Å². The minimum absolute atomic E-state index is 0.0831. The number of aromatic nitrogens is 2. The Morgan fingerprint density at radius 3 is 1.88 bits per heavy atom. The van der Waals surface area contributed by atoms with E-state index in [0.717, 1.165) is 5.69 Å². The molecular formula is C46H31N3. The van der Waals surface area contributed by atoms with Crippen molar-refractivity contribution in [1.29, 1.82) is 0 Å². The lowest BCUT2D eigenvalue weighted by Crippen LogP contribution is -2.24. The van der Waals surface area contributed by atoms with Crippen molar-refractivity contribution < 1.29 is 0 Å². The first-order chi connectivity index (χ1) is 24.3. The van der Waals surface area contributed by atoms with Gasteiger partial charge in [0.05, 0.1) is 27.6 Å². The van der Waals surface area contributed by atoms with E-state index in [1.54, 1.807) is 0 Å². The zero-order valence-corrected chi connectivity index (χ0v) is 27.0. The van der Waals surface area contributed by atoms with Crippen LogP contribution in [-0.2, 0) is 0 Å². The van der Waals surface area contributed by atoms with Gasteiger partial charge in [0.25, 0.3) is 0 Å². The molecule has 1 atom stereocenters. The van der Waals surface area contributed by atoms with Crippen LogP contribution in [0.25, 0.3) is 76.6 Å². The van der Waals surface area contributed by atoms with Gasteiger partial charge in [0.2, 0.25) is 0 Å². The number of rotatable bonds is 3. The molecule has 1 unspecified atom stereocenters. The molecule has 1 aliphatic rings. The Morgan fingerprint density at radius 1 is 0.449 bits per heavy atom. The SMILES string of the molecule is CC1=C(c2ccc(-c3ccccc3)cc2)c2ccccc2NC1n1c2cccc3c4cccc5c6ccccc6n(c6cccc1c6c32)c45. The predicted octanol–water partition coefficient (Wildman–Crippen LogP) is 12.1. The van der Waals surface area contributed by atoms with Crippen LogP contribution >= 0.6 is 0 Å². The van der Waals surface area contributed by atoms with Gasteiger partial charge < -0.3 is 14.3 Å². The van der Waals surface area contributed by atoms with Gasteiger partial charge in [0, 0.05) is 38.2 Å². The van der Waals surface area contributed by atoms with Gasteiger partial charge in [0.15, 0.2) is 0 Å². The Morgan fingerprint density at radius 2 is 1.02 bits per heavy atom. The average molecular weight is 626 g/mol. The monoisotopic (exact) mass is 625 g/mol. The molecular weight excluding hydrogens is 595 g/mol. The molecule has 0 bridgehead atoms. The first kappa shape index (κ1) is 26.7. The van der Waals surface area contributed by atoms with Crippen molar-refractivity contribution in [2.75, 3.05) is 5.32 Å². The second-order valence-electron chi connectivity index (χ2n) is 13.4. The molecule has 0 saturated carbocycles. The van der Waals surface area contributed by atoms with Gasteiger partial charge in [-0.15, -0.1) is 0 Å². The third kappa shape index (κ3) is 3.56. The fourth-order valence-corrected chi connectivity index (χ4v) is 8.83. The van der Waals surface area contributed by atoms with E-state index in [-0.39, 0.29) is 6.17 Å². The number of benzene rings is 7. The maximum absolute atomic E-state index is 4.01. The number of nitrogens with one attached hydrogen (secondary N) is 1. The molecule has 0 radical (unpaired) electrons. The van der Waals surface area contributed by atoms with Crippen LogP contribution in [0, 0.1) is 0 Å². The maximum Gasteiger partial charge on any atom is 0.127 e. The van der Waals surface area contributed by atoms with Crippen LogP contribution in [0.1, 0.15) is 24.2 Å². The third-order valence-electron chi connectivity index (χ3n) is 10.9. The molecule has 0 aliphatic carbocycles. The molecule has 0 saturated heterocycles. The van der Waals surface area contributed by atoms with Crippen LogP contribution in [0.15, 0.2) is 163 Å². The van der Waals surface area contributed by atoms with Crippen molar-refractivity contribution in [2.24, 2.45) is 0 Å². The van der Waals surface area contributed by atoms with Crippen molar-refractivity contribution in [3.63, 3.8) is 0 Å². The van der Waals surface area contributed by atoms with E-state index in [1.807, 2.05) is 0 Å². The van der Waals surface area contributed by atoms with E-state index < -0.39 is 0 Å². The van der Waals surface area contributed by atoms with Crippen molar-refractivity contribution in [2.45, 2.75) is 13.1 Å². The summed E-state index contributed by atoms with van der Waals surface area (Å²) in [6.07, 6.45) is -0.0831. The number of nitrogens with zero attached hydrogens (tertiary/aromatic N) is 2. The van der Waals surface area contributed by atoms with E-state index in [2.05, 4.69) is 179 Å². The van der Waals surface area contributed by atoms with Crippen LogP contribution in [0.5, 0.6) is 0 Å². The second kappa shape index (κ2) is 9.85. The molecule has 10 aromatic rings. The van der Waals surface area contributed by atoms with E-state index in [9.17, 15) is 0 Å². The third-order valence-corrected chi connectivity index (χ3v) is 10.9. The highest BCUT2D eigenvalue weighted by Crippen LogP contribution is 2.48. The highest BCUT2D eigenvalue weighted by molar-refractivity contribution is 6.31. The predicted molar refractivity (Wildman–Crippen MR) is 207 cm³/mol. The Kier molecular flexibility index (Phi) is 5.37. The summed E-state index contributed by atoms with van der Waals surface area (Å²) < 4.78 is 5.07. The first-order valence-corrected chi connectivity index (χ1v) is 17.1. The van der Waals surface area contributed by atoms with Gasteiger partial charge >= 0.3 is 0 Å². The summed E-state index contributed by atoms with van der Waals surface area (Å²) in [5, 5.41) is 11.8. The number of hydrogen-bond acceptors (Lipinski definition) is 1. The molecule has 0 amide bonds. The van der Waals surface area contributed by atoms with Crippen molar-refractivity contribution in [1.82, 2.24) is 8.97 Å². The summed E-state index contributed by atoms with van der Waals surface area (Å²) in [4.78, 5) is 0. The van der Waals surface area contributed by atoms with Gasteiger partial charge in [-0.25, -0.2) is 0 Å². The molecule has 1 aliphatic heterocycles. The lowest BCUT2D eigenvalue weighted by molar-refractivity contribution is 0.681. The van der Waals surface area contributed by atoms with Gasteiger partial charge in [-0.05, 0) is 70.5 Å². The molecule has 49 heavy (non-hydrogen) atoms. The summed E-state index contributed by atoms with van der Waals surface area (Å²) in [5.41, 5.74) is 14.9. The number of anilines is 1. The van der Waals surface area contributed by atoms with Crippen LogP contribution in [0.3, 0.4) is 0 Å². The number of fused-ring (bicyclic) bond motifs is 6. The first-order valence-electron chi connectivity index (χ1n) is 17.1. The normalized spacial score (nSPS) is 14.9. The zero-order chi connectivity index (χ0) is 32.2. The molecule has 230 valence electrons. The Bertz CT molecular complexity index is 2960. The summed E-state index contributed by atoms with van der Waals surface area (Å²) in [5.74, 6) is 0. The van der Waals surface area contributed by atoms with E-state index >= 15 is 0 Å². The number of hydrogen-bond donors (Lipinski definition) is 1. The van der Waals surface area contributed by atoms with Crippen molar-refractivity contribution >= 4 is 71.2 Å². The minimum atomic E-state index is -0.0831. The summed E-state index contributed by atoms with van der Waals surface area (Å²) in [6, 6.07) is 57.9. The zero-order valence-electron chi connectivity index (χ0n) is 27.0. The quantitative estimate of drug-likeness (QED) is 0.207. The van der Waals surface area contributed by atoms with Crippen LogP contribution < -0.4 is 5.32 Å². The fraction of sp³-hybridized carbons (Fsp3) is 0.0435. The molecule has 11 rings (SSSR count). The summed E-state index contributed by atoms with van der Waals surface area (Å²) in [7, 11) is 0. The minimum Gasteiger partial charge on any atom is -0.361 e. The van der Waals surface area contributed by atoms with Crippen molar-refractivity contribution in [3.05, 3.63) is 174 Å². The highest BCUT2D eigenvalue weighted by atomic mass is 15.2. The molecule has 0 fully saturated rings. The molecule has 3 heteroatoms. The second-order valence-corrected chi connectivity index (χ2v) is 13.4. The van der Waals surface area contributed by atoms with Crippen LogP contribution in [0.4, 0.5) is 5.69 Å². The van der Waals surface area contributed by atoms with Crippen LogP contribution in [0.2, 0.25) is 0 Å². The maximum atomic E-state index is 4.01. The van der Waals surface area contributed by atoms with Gasteiger partial charge in [-0.1, -0.05) is 127 Å². The van der Waals surface area contributed by atoms with E-state index in [0.29, 0.717) is 0 Å². The molecule has 4 heterocycles. The van der Waals surface area contributed by atoms with Gasteiger partial charge in [-0.2, -0.15) is 0 Å². The average Bonchev–Trinajstić information content (AvgIpc) is 3.64. The fourth-order valence-electron chi connectivity index (χ4n) is 8.83. The van der Waals surface area contributed by atoms with Gasteiger partial charge in [0.1, 0.15) is 6.17 Å². The van der Waals surface area contributed by atoms with Gasteiger partial charge in [-0.3, -0.25) is 0 Å². The molecule has 3 nitrogen and oxygen atoms in total. The van der Waals surface area contributed by atoms with Crippen molar-refractivity contribution in [3.8, 4) is 11.1 Å². The van der Waals surface area contributed by atoms with E-state index in [1.165, 1.54) is 93.3 Å². The standard InChI is InChI=1S/C46H31N3/c1-28-42(31-26-24-30(25-27-31)29-12-3-2-4-13-29)36-15-5-7-19-37(36)47-46(28)49-39-21-10-16-33-35-18-9-17-34-32-14-6-8-20-38(32)48(45(34)35)40-22-11-23-41(49)44(40)43(33)39/h2-27,46-47H,1H3. The van der Waals surface area contributed by atoms with Crippen LogP contribution in [-0.4, -0.2) is 8.97 Å². The topological polar surface area (TPSA) is 21.4 Å². The molecule has 7 aromatic carbocycles. The highest BCUT2D eigenvalue weighted by Gasteiger charge is 2.30. The van der Waals surface area contributed by atoms with E-state index in [4.69, 9.17) is 0 Å². The number of para-hydroxylation sites is 3. The lowest BCUT2D eigenvalue weighted by Gasteiger charge is -2.33. The Balaban J connectivity index is 1.23. The smallest absolute Gasteiger partial charge is 0.127 e. The Hall–Kier alpha value is -6.32. The summed E-state index contributed by atoms with van der Waals surface area (Å²) >= 11 is 0. The lowest BCUT2D eigenvalue weighted by atomic mass is 9.87. The largest absolute Gasteiger partial charge is 0.361 e. The molecule has 3 aromatic heterocycles.